The van der Waals surface area contributed by atoms with Gasteiger partial charge >= 0.3 is 12.1 Å². The number of likely N-dealkylation sites (tertiary alicyclic amines) is 1. The Morgan fingerprint density at radius 3 is 1.80 bits per heavy atom. The van der Waals surface area contributed by atoms with Crippen molar-refractivity contribution in [3.8, 4) is 0 Å². The molecule has 4 fully saturated rings. The molecule has 10 rings (SSSR count). The molecule has 2 unspecified atom stereocenters. The second-order valence-electron chi connectivity index (χ2n) is 22.4. The van der Waals surface area contributed by atoms with Crippen molar-refractivity contribution in [3.05, 3.63) is 116 Å². The molecule has 0 bridgehead atoms. The van der Waals surface area contributed by atoms with Crippen LogP contribution in [0, 0.1) is 13.8 Å². The van der Waals surface area contributed by atoms with Crippen LogP contribution >= 0.6 is 31.9 Å². The first-order chi connectivity index (χ1) is 38.7. The first kappa shape index (κ1) is 62.2. The number of aromatic nitrogens is 6. The van der Waals surface area contributed by atoms with E-state index >= 15 is 0 Å². The zero-order valence-electron chi connectivity index (χ0n) is 47.2. The zero-order chi connectivity index (χ0) is 59.3. The largest absolute Gasteiger partial charge is 0.480 e. The van der Waals surface area contributed by atoms with Crippen LogP contribution in [-0.2, 0) is 34.4 Å². The molecule has 27 heteroatoms. The van der Waals surface area contributed by atoms with E-state index in [1.54, 1.807) is 51.9 Å². The molecule has 0 radical (unpaired) electrons. The van der Waals surface area contributed by atoms with E-state index in [2.05, 4.69) is 80.9 Å². The highest BCUT2D eigenvalue weighted by molar-refractivity contribution is 9.10. The molecule has 82 heavy (non-hydrogen) atoms. The molecule has 7 N–H and O–H groups in total. The van der Waals surface area contributed by atoms with Gasteiger partial charge in [-0.05, 0) is 109 Å². The summed E-state index contributed by atoms with van der Waals surface area (Å²) in [4.78, 5) is 53.0. The van der Waals surface area contributed by atoms with Crippen LogP contribution in [0.4, 0.5) is 16.4 Å². The molecule has 0 spiro atoms. The maximum Gasteiger partial charge on any atom is 0.407 e. The maximum atomic E-state index is 13.9. The minimum atomic E-state index is -3.66. The third-order valence-electron chi connectivity index (χ3n) is 14.4. The Bertz CT molecular complexity index is 3500. The number of nitrogens with zero attached hydrogens (tertiary/aromatic N) is 9. The van der Waals surface area contributed by atoms with E-state index in [9.17, 15) is 31.2 Å². The number of hydrogen-bond donors (Lipinski definition) is 6. The number of rotatable bonds is 13. The number of aryl methyl sites for hydroxylation is 2. The number of hydrogen-bond acceptors (Lipinski definition) is 16. The number of aliphatic carboxylic acids is 1. The number of fused-ring (bicyclic) bond motifs is 2. The molecule has 6 atom stereocenters. The molecule has 4 aliphatic rings. The van der Waals surface area contributed by atoms with Gasteiger partial charge in [-0.3, -0.25) is 9.59 Å². The molecule has 4 aromatic heterocycles. The van der Waals surface area contributed by atoms with E-state index in [1.165, 1.54) is 12.8 Å². The highest BCUT2D eigenvalue weighted by atomic mass is 79.9. The van der Waals surface area contributed by atoms with E-state index in [0.717, 1.165) is 124 Å². The second-order valence-corrected chi connectivity index (χ2v) is 27.7. The molecule has 444 valence electrons. The molecule has 0 saturated carbocycles. The number of ether oxygens (including phenoxy) is 1. The number of benzene rings is 2. The Hall–Kier alpha value is -5.81. The van der Waals surface area contributed by atoms with Crippen molar-refractivity contribution in [1.82, 2.24) is 54.2 Å². The van der Waals surface area contributed by atoms with E-state index < -0.39 is 43.7 Å². The zero-order valence-corrected chi connectivity index (χ0v) is 52.0. The minimum Gasteiger partial charge on any atom is -0.480 e. The molecule has 8 heterocycles. The number of nitrogens with one attached hydrogen (secondary N) is 4. The van der Waals surface area contributed by atoms with Crippen molar-refractivity contribution in [2.45, 2.75) is 128 Å². The van der Waals surface area contributed by atoms with Crippen molar-refractivity contribution in [2.75, 3.05) is 61.6 Å². The van der Waals surface area contributed by atoms with E-state index in [1.807, 2.05) is 50.5 Å². The Morgan fingerprint density at radius 2 is 1.27 bits per heavy atom. The normalized spacial score (nSPS) is 20.4. The Labute approximate surface area is 495 Å². The topological polar surface area (TPSA) is 293 Å². The smallest absolute Gasteiger partial charge is 0.407 e. The maximum absolute atomic E-state index is 13.9. The van der Waals surface area contributed by atoms with Crippen LogP contribution in [0.1, 0.15) is 130 Å². The van der Waals surface area contributed by atoms with Gasteiger partial charge in [-0.1, -0.05) is 74.7 Å². The molecule has 2 amide bonds. The number of alkyl carbamates (subject to hydrolysis) is 1. The lowest BCUT2D eigenvalue weighted by Gasteiger charge is -2.37. The van der Waals surface area contributed by atoms with Crippen molar-refractivity contribution in [2.24, 2.45) is 5.73 Å². The molecule has 2 aromatic carbocycles. The van der Waals surface area contributed by atoms with Gasteiger partial charge in [0.1, 0.15) is 29.3 Å². The average molecular weight is 1300 g/mol. The summed E-state index contributed by atoms with van der Waals surface area (Å²) < 4.78 is 61.4. The predicted octanol–water partition coefficient (Wildman–Crippen LogP) is 6.76. The molecule has 0 aliphatic carbocycles. The van der Waals surface area contributed by atoms with E-state index in [4.69, 9.17) is 35.7 Å². The van der Waals surface area contributed by atoms with Gasteiger partial charge in [-0.2, -0.15) is 19.6 Å². The number of piperidine rings is 2. The number of carbonyl (C=O) groups is 3. The van der Waals surface area contributed by atoms with Gasteiger partial charge in [-0.15, -0.1) is 0 Å². The minimum absolute atomic E-state index is 0.0641. The number of amides is 2. The van der Waals surface area contributed by atoms with Crippen LogP contribution in [0.5, 0.6) is 0 Å². The summed E-state index contributed by atoms with van der Waals surface area (Å²) in [5, 5.41) is 25.1. The van der Waals surface area contributed by atoms with Gasteiger partial charge in [0, 0.05) is 83.4 Å². The molecular weight excluding hydrogens is 1220 g/mol. The van der Waals surface area contributed by atoms with Gasteiger partial charge in [0.25, 0.3) is 0 Å². The SMILES string of the molecule is CS(=O)(=O)NC(C(=O)O)c1ccccc1Br.Cc1cn2nc([C@@H]3CCCCN3)cc2nc1N1CC[C@H](NC(=O)OC(C)(C)C)C1.Cc1cn2nc([C@@H]3CCCCN3C(=O)C(NS(C)(=O)=O)c3ccccc3Br)cc2nc1N1CC[C@H](N)C1. The van der Waals surface area contributed by atoms with Crippen molar-refractivity contribution < 1.29 is 41.1 Å². The number of carboxylic acids is 1. The summed E-state index contributed by atoms with van der Waals surface area (Å²) in [6, 6.07) is 15.7. The standard InChI is InChI=1S/C25H32BrN7O3S.C21H32N6O2.C9H10BrNO4S/c1-16-14-33-22(28-24(16)31-12-10-17(27)15-31)13-20(29-33)21-9-5-6-11-32(21)25(34)23(30-37(2,35)36)18-7-3-4-8-19(18)26;1-14-12-27-18(11-17(25-27)16-7-5-6-9-22-16)24-19(14)26-10-8-15(13-26)23-20(28)29-21(2,3)4;1-16(14,15)11-8(9(12)13)6-4-2-3-5-7(6)10/h3-4,7-8,13-14,17,21,23,30H,5-6,9-12,15,27H2,1-2H3;11-12,15-16,22H,5-10,13H2,1-4H3,(H,23,28);2-5,8,11H,1H3,(H,12,13)/t17-,21-,23?;15-,16-;/m00./s1. The molecular formula is C55H74Br2N14O9S2. The van der Waals surface area contributed by atoms with Gasteiger partial charge in [0.05, 0.1) is 42.0 Å². The van der Waals surface area contributed by atoms with Crippen molar-refractivity contribution in [1.29, 1.82) is 0 Å². The van der Waals surface area contributed by atoms with Crippen molar-refractivity contribution >= 4 is 92.8 Å². The first-order valence-corrected chi connectivity index (χ1v) is 32.8. The van der Waals surface area contributed by atoms with Crippen LogP contribution < -0.4 is 35.6 Å². The number of carboxylic acid groups (broad SMARTS) is 1. The fourth-order valence-corrected chi connectivity index (χ4v) is 13.0. The molecule has 6 aromatic rings. The number of nitrogens with two attached hydrogens (primary N) is 1. The summed E-state index contributed by atoms with van der Waals surface area (Å²) in [6.45, 7) is 14.5. The highest BCUT2D eigenvalue weighted by Gasteiger charge is 2.37. The summed E-state index contributed by atoms with van der Waals surface area (Å²) in [5.74, 6) is 0.330. The highest BCUT2D eigenvalue weighted by Crippen LogP contribution is 2.36. The summed E-state index contributed by atoms with van der Waals surface area (Å²) in [5.41, 5.74) is 12.1. The molecule has 4 aliphatic heterocycles. The lowest BCUT2D eigenvalue weighted by molar-refractivity contribution is -0.139. The van der Waals surface area contributed by atoms with E-state index in [-0.39, 0.29) is 30.1 Å². The third kappa shape index (κ3) is 16.3. The predicted molar refractivity (Wildman–Crippen MR) is 321 cm³/mol. The lowest BCUT2D eigenvalue weighted by Crippen LogP contribution is -2.46. The van der Waals surface area contributed by atoms with Crippen LogP contribution in [0.15, 0.2) is 82.0 Å². The number of anilines is 2. The fraction of sp³-hybridized carbons (Fsp3) is 0.509. The summed E-state index contributed by atoms with van der Waals surface area (Å²) >= 11 is 6.66. The van der Waals surface area contributed by atoms with Crippen LogP contribution in [0.2, 0.25) is 0 Å². The third-order valence-corrected chi connectivity index (χ3v) is 17.1. The summed E-state index contributed by atoms with van der Waals surface area (Å²) in [6.07, 6.45) is 13.6. The molecule has 23 nitrogen and oxygen atoms in total. The van der Waals surface area contributed by atoms with Crippen molar-refractivity contribution in [3.63, 3.8) is 0 Å². The quantitative estimate of drug-likeness (QED) is 0.0696. The van der Waals surface area contributed by atoms with Crippen LogP contribution in [-0.4, -0.2) is 143 Å². The van der Waals surface area contributed by atoms with Crippen LogP contribution in [0.3, 0.4) is 0 Å². The number of sulfonamides is 2. The Morgan fingerprint density at radius 1 is 0.732 bits per heavy atom. The average Bonchev–Trinajstić information content (AvgIpc) is 4.26. The lowest BCUT2D eigenvalue weighted by atomic mass is 9.97. The number of halogens is 2. The van der Waals surface area contributed by atoms with E-state index in [0.29, 0.717) is 38.3 Å². The number of carbonyl (C=O) groups excluding carboxylic acids is 2. The van der Waals surface area contributed by atoms with Gasteiger partial charge < -0.3 is 40.9 Å². The Balaban J connectivity index is 0.000000174. The fourth-order valence-electron chi connectivity index (χ4n) is 10.6. The summed E-state index contributed by atoms with van der Waals surface area (Å²) in [7, 11) is -7.24. The van der Waals surface area contributed by atoms with Crippen LogP contribution in [0.25, 0.3) is 11.3 Å². The second kappa shape index (κ2) is 26.4. The monoisotopic (exact) mass is 1300 g/mol. The Kier molecular flexibility index (Phi) is 20.0. The van der Waals surface area contributed by atoms with Gasteiger partial charge in [-0.25, -0.2) is 40.6 Å². The first-order valence-electron chi connectivity index (χ1n) is 27.4. The van der Waals surface area contributed by atoms with Gasteiger partial charge in [0.2, 0.25) is 26.0 Å². The molecule has 4 saturated heterocycles. The van der Waals surface area contributed by atoms with Gasteiger partial charge in [0.15, 0.2) is 11.3 Å².